The molecule has 3 aromatic rings. The molecule has 4 nitrogen and oxygen atoms in total. The molecule has 1 unspecified atom stereocenters. The van der Waals surface area contributed by atoms with E-state index in [0.717, 1.165) is 39.7 Å². The second kappa shape index (κ2) is 9.14. The number of ketones is 2. The van der Waals surface area contributed by atoms with E-state index in [0.29, 0.717) is 19.3 Å². The lowest BCUT2D eigenvalue weighted by molar-refractivity contribution is -0.123. The predicted octanol–water partition coefficient (Wildman–Crippen LogP) is 5.89. The van der Waals surface area contributed by atoms with E-state index in [9.17, 15) is 19.8 Å². The van der Waals surface area contributed by atoms with Crippen LogP contribution in [0.15, 0.2) is 54.6 Å². The van der Waals surface area contributed by atoms with Crippen molar-refractivity contribution < 1.29 is 19.8 Å². The molecule has 0 radical (unpaired) electrons. The van der Waals surface area contributed by atoms with Gasteiger partial charge in [-0.2, -0.15) is 0 Å². The van der Waals surface area contributed by atoms with Gasteiger partial charge in [0, 0.05) is 19.3 Å². The summed E-state index contributed by atoms with van der Waals surface area (Å²) in [7, 11) is 0. The zero-order valence-electron chi connectivity index (χ0n) is 21.9. The second-order valence-electron chi connectivity index (χ2n) is 12.8. The number of hydrogen-bond acceptors (Lipinski definition) is 4. The van der Waals surface area contributed by atoms with Crippen LogP contribution in [0.5, 0.6) is 0 Å². The number of hydrogen-bond donors (Lipinski definition) is 2. The second-order valence-corrected chi connectivity index (χ2v) is 12.8. The molecular weight excluding hydrogens is 472 g/mol. The topological polar surface area (TPSA) is 74.6 Å². The summed E-state index contributed by atoms with van der Waals surface area (Å²) in [6.07, 6.45) is 8.40. The molecule has 1 atom stereocenters. The van der Waals surface area contributed by atoms with Crippen LogP contribution in [0.3, 0.4) is 0 Å². The number of aliphatic hydroxyl groups is 2. The van der Waals surface area contributed by atoms with E-state index in [2.05, 4.69) is 36.4 Å². The number of Topliss-reactive ketones (excluding diaryl/α,β-unsaturated/α-hetero) is 2. The average molecular weight is 509 g/mol. The van der Waals surface area contributed by atoms with Gasteiger partial charge < -0.3 is 10.2 Å². The third-order valence-corrected chi connectivity index (χ3v) is 10.2. The fraction of sp³-hybridized carbons (Fsp3) is 0.471. The molecule has 0 spiro atoms. The summed E-state index contributed by atoms with van der Waals surface area (Å²) in [4.78, 5) is 24.6. The van der Waals surface area contributed by atoms with E-state index < -0.39 is 12.0 Å². The summed E-state index contributed by atoms with van der Waals surface area (Å²) in [5.74, 6) is 1.96. The summed E-state index contributed by atoms with van der Waals surface area (Å²) < 4.78 is 0. The van der Waals surface area contributed by atoms with Gasteiger partial charge in [0.25, 0.3) is 0 Å². The number of carbonyl (C=O) groups is 2. The molecule has 2 N–H and O–H groups in total. The van der Waals surface area contributed by atoms with Crippen LogP contribution in [-0.2, 0) is 21.4 Å². The maximum Gasteiger partial charge on any atom is 0.148 e. The maximum absolute atomic E-state index is 12.3. The molecule has 0 aliphatic heterocycles. The van der Waals surface area contributed by atoms with Gasteiger partial charge in [0.15, 0.2) is 0 Å². The minimum Gasteiger partial charge on any atom is -0.394 e. The van der Waals surface area contributed by atoms with E-state index in [1.165, 1.54) is 55.2 Å². The predicted molar refractivity (Wildman–Crippen MR) is 148 cm³/mol. The van der Waals surface area contributed by atoms with Crippen LogP contribution in [0.2, 0.25) is 0 Å². The molecule has 5 fully saturated rings. The monoisotopic (exact) mass is 508 g/mol. The first-order chi connectivity index (χ1) is 18.4. The molecule has 38 heavy (non-hydrogen) atoms. The average Bonchev–Trinajstić information content (AvgIpc) is 3.25. The van der Waals surface area contributed by atoms with Gasteiger partial charge in [-0.1, -0.05) is 42.5 Å². The molecule has 5 aliphatic rings. The highest BCUT2D eigenvalue weighted by Gasteiger charge is 2.52. The Hall–Kier alpha value is -2.82. The molecule has 5 aliphatic carbocycles. The molecule has 0 amide bonds. The van der Waals surface area contributed by atoms with Crippen molar-refractivity contribution in [3.63, 3.8) is 0 Å². The maximum atomic E-state index is 12.3. The normalized spacial score (nSPS) is 29.5. The van der Waals surface area contributed by atoms with E-state index in [-0.39, 0.29) is 23.6 Å². The van der Waals surface area contributed by atoms with Crippen molar-refractivity contribution in [1.82, 2.24) is 0 Å². The summed E-state index contributed by atoms with van der Waals surface area (Å²) in [5, 5.41) is 22.1. The molecule has 196 valence electrons. The van der Waals surface area contributed by atoms with Crippen LogP contribution >= 0.6 is 0 Å². The van der Waals surface area contributed by atoms with Crippen LogP contribution in [0, 0.1) is 17.8 Å². The Labute approximate surface area is 224 Å². The van der Waals surface area contributed by atoms with Gasteiger partial charge in [0.05, 0.1) is 12.7 Å². The van der Waals surface area contributed by atoms with Crippen LogP contribution in [0.4, 0.5) is 0 Å². The molecule has 8 rings (SSSR count). The van der Waals surface area contributed by atoms with Crippen molar-refractivity contribution >= 4 is 22.3 Å². The smallest absolute Gasteiger partial charge is 0.148 e. The van der Waals surface area contributed by atoms with Gasteiger partial charge >= 0.3 is 0 Å². The Kier molecular flexibility index (Phi) is 5.83. The van der Waals surface area contributed by atoms with Gasteiger partial charge in [-0.15, -0.1) is 0 Å². The summed E-state index contributed by atoms with van der Waals surface area (Å²) in [5.41, 5.74) is 5.93. The Morgan fingerprint density at radius 3 is 2.00 bits per heavy atom. The van der Waals surface area contributed by atoms with Crippen molar-refractivity contribution in [3.8, 4) is 11.1 Å². The molecule has 0 heterocycles. The fourth-order valence-corrected chi connectivity index (χ4v) is 8.90. The Morgan fingerprint density at radius 2 is 1.34 bits per heavy atom. The fourth-order valence-electron chi connectivity index (χ4n) is 8.90. The molecule has 4 bridgehead atoms. The van der Waals surface area contributed by atoms with E-state index in [1.54, 1.807) is 0 Å². The van der Waals surface area contributed by atoms with Crippen molar-refractivity contribution in [2.75, 3.05) is 6.61 Å². The SMILES string of the molecule is O=C1CCC(=O)C1c1ccc2cc(-c3ccc(CC(O)CO)c(C45CC6CC(CC(C6)C4)C5)c3)ccc2c1. The quantitative estimate of drug-likeness (QED) is 0.408. The summed E-state index contributed by atoms with van der Waals surface area (Å²) in [6, 6.07) is 19.2. The van der Waals surface area contributed by atoms with Crippen molar-refractivity contribution in [3.05, 3.63) is 71.3 Å². The van der Waals surface area contributed by atoms with Crippen LogP contribution in [0.1, 0.15) is 74.0 Å². The van der Waals surface area contributed by atoms with Gasteiger partial charge in [0.1, 0.15) is 17.5 Å². The first-order valence-corrected chi connectivity index (χ1v) is 14.4. The minimum atomic E-state index is -0.734. The zero-order chi connectivity index (χ0) is 26.0. The number of rotatable bonds is 6. The highest BCUT2D eigenvalue weighted by atomic mass is 16.3. The highest BCUT2D eigenvalue weighted by Crippen LogP contribution is 2.61. The first kappa shape index (κ1) is 24.2. The van der Waals surface area contributed by atoms with Crippen LogP contribution in [-0.4, -0.2) is 34.5 Å². The lowest BCUT2D eigenvalue weighted by Gasteiger charge is -2.57. The summed E-state index contributed by atoms with van der Waals surface area (Å²) >= 11 is 0. The molecule has 3 aromatic carbocycles. The largest absolute Gasteiger partial charge is 0.394 e. The summed E-state index contributed by atoms with van der Waals surface area (Å²) in [6.45, 7) is -0.215. The third-order valence-electron chi connectivity index (χ3n) is 10.2. The molecule has 0 saturated heterocycles. The Balaban J connectivity index is 1.27. The Morgan fingerprint density at radius 1 is 0.763 bits per heavy atom. The molecule has 0 aromatic heterocycles. The zero-order valence-corrected chi connectivity index (χ0v) is 21.9. The van der Waals surface area contributed by atoms with E-state index in [4.69, 9.17) is 0 Å². The van der Waals surface area contributed by atoms with E-state index in [1.807, 2.05) is 18.2 Å². The van der Waals surface area contributed by atoms with Crippen molar-refractivity contribution in [2.24, 2.45) is 17.8 Å². The number of carbonyl (C=O) groups excluding carboxylic acids is 2. The highest BCUT2D eigenvalue weighted by molar-refractivity contribution is 6.13. The van der Waals surface area contributed by atoms with Gasteiger partial charge in [0.2, 0.25) is 0 Å². The van der Waals surface area contributed by atoms with Crippen LogP contribution < -0.4 is 0 Å². The van der Waals surface area contributed by atoms with Gasteiger partial charge in [-0.3, -0.25) is 9.59 Å². The number of aliphatic hydroxyl groups excluding tert-OH is 2. The first-order valence-electron chi connectivity index (χ1n) is 14.4. The lowest BCUT2D eigenvalue weighted by Crippen LogP contribution is -2.49. The van der Waals surface area contributed by atoms with Crippen molar-refractivity contribution in [1.29, 1.82) is 0 Å². The van der Waals surface area contributed by atoms with E-state index >= 15 is 0 Å². The van der Waals surface area contributed by atoms with Gasteiger partial charge in [-0.25, -0.2) is 0 Å². The Bertz CT molecular complexity index is 1380. The van der Waals surface area contributed by atoms with Crippen molar-refractivity contribution in [2.45, 2.75) is 75.2 Å². The lowest BCUT2D eigenvalue weighted by atomic mass is 9.47. The standard InChI is InChI=1S/C34H36O4/c35-19-29(36)14-27-5-3-26(15-30(27)34-16-20-9-21(17-34)11-22(10-20)18-34)24-1-2-25-13-28(6-4-23(25)12-24)33-31(37)7-8-32(33)38/h1-6,12-13,15,20-22,29,33,35-36H,7-11,14,16-19H2. The number of fused-ring (bicyclic) bond motifs is 1. The van der Waals surface area contributed by atoms with Crippen LogP contribution in [0.25, 0.3) is 21.9 Å². The third kappa shape index (κ3) is 4.04. The molecule has 5 saturated carbocycles. The molecular formula is C34H36O4. The minimum absolute atomic E-state index is 0.0366. The number of benzene rings is 3. The molecule has 4 heteroatoms. The van der Waals surface area contributed by atoms with Gasteiger partial charge in [-0.05, 0) is 112 Å².